The Kier molecular flexibility index (Phi) is 5.44. The molecule has 1 aromatic carbocycles. The maximum absolute atomic E-state index is 12.8. The first-order valence-electron chi connectivity index (χ1n) is 7.85. The summed E-state index contributed by atoms with van der Waals surface area (Å²) >= 11 is 0. The van der Waals surface area contributed by atoms with E-state index in [0.717, 1.165) is 25.7 Å². The van der Waals surface area contributed by atoms with Gasteiger partial charge >= 0.3 is 5.97 Å². The van der Waals surface area contributed by atoms with Gasteiger partial charge in [-0.1, -0.05) is 18.9 Å². The van der Waals surface area contributed by atoms with E-state index in [9.17, 15) is 13.2 Å². The average Bonchev–Trinajstić information content (AvgIpc) is 2.96. The third-order valence-corrected chi connectivity index (χ3v) is 6.01. The molecule has 1 fully saturated rings. The smallest absolute Gasteiger partial charge is 0.338 e. The topological polar surface area (TPSA) is 98.5 Å². The van der Waals surface area contributed by atoms with Crippen LogP contribution in [0.5, 0.6) is 0 Å². The van der Waals surface area contributed by atoms with Crippen LogP contribution in [0.25, 0.3) is 0 Å². The summed E-state index contributed by atoms with van der Waals surface area (Å²) in [4.78, 5) is 11.9. The van der Waals surface area contributed by atoms with Crippen molar-refractivity contribution in [3.8, 4) is 0 Å². The molecule has 0 atom stereocenters. The second-order valence-corrected chi connectivity index (χ2v) is 7.65. The van der Waals surface area contributed by atoms with Crippen LogP contribution < -0.4 is 10.5 Å². The Bertz CT molecular complexity index is 679. The molecule has 0 bridgehead atoms. The van der Waals surface area contributed by atoms with Crippen molar-refractivity contribution in [3.63, 3.8) is 0 Å². The maximum atomic E-state index is 12.8. The molecule has 0 unspecified atom stereocenters. The number of nitrogens with two attached hydrogens (primary N) is 1. The Hall–Kier alpha value is -1.44. The van der Waals surface area contributed by atoms with Crippen LogP contribution >= 0.6 is 0 Å². The van der Waals surface area contributed by atoms with Gasteiger partial charge in [-0.2, -0.15) is 0 Å². The van der Waals surface area contributed by atoms with Crippen LogP contribution in [-0.4, -0.2) is 33.1 Å². The molecule has 0 aliphatic heterocycles. The second kappa shape index (κ2) is 6.98. The van der Waals surface area contributed by atoms with E-state index in [2.05, 4.69) is 4.72 Å². The summed E-state index contributed by atoms with van der Waals surface area (Å²) in [6.07, 6.45) is 3.39. The summed E-state index contributed by atoms with van der Waals surface area (Å²) in [5.41, 5.74) is 6.04. The molecule has 1 aliphatic rings. The molecule has 2 rings (SSSR count). The summed E-state index contributed by atoms with van der Waals surface area (Å²) in [5.74, 6) is -0.529. The van der Waals surface area contributed by atoms with E-state index in [1.807, 2.05) is 0 Å². The van der Waals surface area contributed by atoms with Gasteiger partial charge in [0.15, 0.2) is 0 Å². The largest absolute Gasteiger partial charge is 0.462 e. The molecule has 128 valence electrons. The lowest BCUT2D eigenvalue weighted by Gasteiger charge is -2.28. The van der Waals surface area contributed by atoms with Gasteiger partial charge in [0.2, 0.25) is 10.0 Å². The lowest BCUT2D eigenvalue weighted by Crippen LogP contribution is -2.51. The van der Waals surface area contributed by atoms with Crippen LogP contribution in [-0.2, 0) is 14.8 Å². The molecule has 3 N–H and O–H groups in total. The van der Waals surface area contributed by atoms with Crippen LogP contribution in [0, 0.1) is 6.92 Å². The van der Waals surface area contributed by atoms with Crippen molar-refractivity contribution in [2.75, 3.05) is 13.2 Å². The molecule has 23 heavy (non-hydrogen) atoms. The highest BCUT2D eigenvalue weighted by molar-refractivity contribution is 7.89. The number of rotatable bonds is 6. The van der Waals surface area contributed by atoms with Gasteiger partial charge in [-0.05, 0) is 44.4 Å². The Morgan fingerprint density at radius 3 is 2.57 bits per heavy atom. The number of carbonyl (C=O) groups excluding carboxylic acids is 1. The number of sulfonamides is 1. The van der Waals surface area contributed by atoms with Gasteiger partial charge in [0, 0.05) is 12.1 Å². The van der Waals surface area contributed by atoms with Crippen molar-refractivity contribution in [1.82, 2.24) is 4.72 Å². The fourth-order valence-corrected chi connectivity index (χ4v) is 4.71. The van der Waals surface area contributed by atoms with Crippen molar-refractivity contribution >= 4 is 16.0 Å². The number of nitrogens with one attached hydrogen (secondary N) is 1. The summed E-state index contributed by atoms with van der Waals surface area (Å²) in [7, 11) is -3.75. The average molecular weight is 340 g/mol. The van der Waals surface area contributed by atoms with E-state index in [0.29, 0.717) is 5.56 Å². The first-order valence-corrected chi connectivity index (χ1v) is 9.34. The molecular weight excluding hydrogens is 316 g/mol. The minimum absolute atomic E-state index is 0.0998. The number of esters is 1. The Labute approximate surface area is 137 Å². The standard InChI is InChI=1S/C16H24N2O4S/c1-3-22-15(19)13-7-6-12(2)14(10-13)23(20,21)18-16(11-17)8-4-5-9-16/h6-7,10,18H,3-5,8-9,11,17H2,1-2H3. The predicted molar refractivity (Wildman–Crippen MR) is 87.7 cm³/mol. The van der Waals surface area contributed by atoms with Crippen LogP contribution in [0.2, 0.25) is 0 Å². The maximum Gasteiger partial charge on any atom is 0.338 e. The van der Waals surface area contributed by atoms with Crippen molar-refractivity contribution in [1.29, 1.82) is 0 Å². The van der Waals surface area contributed by atoms with E-state index in [4.69, 9.17) is 10.5 Å². The van der Waals surface area contributed by atoms with Gasteiger partial charge in [-0.3, -0.25) is 0 Å². The molecule has 6 nitrogen and oxygen atoms in total. The van der Waals surface area contributed by atoms with Crippen molar-refractivity contribution in [2.45, 2.75) is 50.0 Å². The van der Waals surface area contributed by atoms with E-state index < -0.39 is 21.5 Å². The summed E-state index contributed by atoms with van der Waals surface area (Å²) in [6, 6.07) is 4.56. The first-order chi connectivity index (χ1) is 10.8. The lowest BCUT2D eigenvalue weighted by atomic mass is 10.0. The zero-order valence-corrected chi connectivity index (χ0v) is 14.4. The minimum atomic E-state index is -3.75. The van der Waals surface area contributed by atoms with Crippen molar-refractivity contribution in [2.24, 2.45) is 5.73 Å². The molecule has 1 saturated carbocycles. The molecule has 0 heterocycles. The van der Waals surface area contributed by atoms with Gasteiger partial charge in [-0.25, -0.2) is 17.9 Å². The third kappa shape index (κ3) is 3.91. The molecule has 0 spiro atoms. The molecule has 0 saturated heterocycles. The number of hydrogen-bond acceptors (Lipinski definition) is 5. The highest BCUT2D eigenvalue weighted by Crippen LogP contribution is 2.31. The summed E-state index contributed by atoms with van der Waals surface area (Å²) in [6.45, 7) is 3.91. The van der Waals surface area contributed by atoms with Crippen LogP contribution in [0.4, 0.5) is 0 Å². The zero-order chi connectivity index (χ0) is 17.1. The number of hydrogen-bond donors (Lipinski definition) is 2. The van der Waals surface area contributed by atoms with Crippen LogP contribution in [0.15, 0.2) is 23.1 Å². The minimum Gasteiger partial charge on any atom is -0.462 e. The SMILES string of the molecule is CCOC(=O)c1ccc(C)c(S(=O)(=O)NC2(CN)CCCC2)c1. The first kappa shape index (κ1) is 17.9. The van der Waals surface area contributed by atoms with Gasteiger partial charge in [0.1, 0.15) is 0 Å². The summed E-state index contributed by atoms with van der Waals surface area (Å²) < 4.78 is 33.3. The molecule has 0 radical (unpaired) electrons. The Morgan fingerprint density at radius 1 is 1.35 bits per heavy atom. The molecule has 0 amide bonds. The number of carbonyl (C=O) groups is 1. The number of benzene rings is 1. The number of aryl methyl sites for hydroxylation is 1. The molecular formula is C16H24N2O4S. The van der Waals surface area contributed by atoms with E-state index in [1.54, 1.807) is 26.0 Å². The predicted octanol–water partition coefficient (Wildman–Crippen LogP) is 1.72. The van der Waals surface area contributed by atoms with Gasteiger partial charge < -0.3 is 10.5 Å². The third-order valence-electron chi connectivity index (χ3n) is 4.29. The highest BCUT2D eigenvalue weighted by atomic mass is 32.2. The molecule has 1 aliphatic carbocycles. The fourth-order valence-electron chi connectivity index (χ4n) is 2.97. The monoisotopic (exact) mass is 340 g/mol. The van der Waals surface area contributed by atoms with Gasteiger partial charge in [0.05, 0.1) is 17.1 Å². The quantitative estimate of drug-likeness (QED) is 0.768. The Morgan fingerprint density at radius 2 is 2.00 bits per heavy atom. The van der Waals surface area contributed by atoms with Crippen molar-refractivity contribution in [3.05, 3.63) is 29.3 Å². The number of ether oxygens (including phenoxy) is 1. The molecule has 0 aromatic heterocycles. The van der Waals surface area contributed by atoms with E-state index in [1.165, 1.54) is 6.07 Å². The summed E-state index contributed by atoms with van der Waals surface area (Å²) in [5, 5.41) is 0. The Balaban J connectivity index is 2.35. The van der Waals surface area contributed by atoms with Gasteiger partial charge in [0.25, 0.3) is 0 Å². The van der Waals surface area contributed by atoms with E-state index in [-0.39, 0.29) is 23.6 Å². The zero-order valence-electron chi connectivity index (χ0n) is 13.6. The normalized spacial score (nSPS) is 17.2. The van der Waals surface area contributed by atoms with Crippen LogP contribution in [0.1, 0.15) is 48.5 Å². The fraction of sp³-hybridized carbons (Fsp3) is 0.562. The highest BCUT2D eigenvalue weighted by Gasteiger charge is 2.37. The molecule has 1 aromatic rings. The van der Waals surface area contributed by atoms with Crippen molar-refractivity contribution < 1.29 is 17.9 Å². The lowest BCUT2D eigenvalue weighted by molar-refractivity contribution is 0.0526. The second-order valence-electron chi connectivity index (χ2n) is 6.00. The molecule has 7 heteroatoms. The van der Waals surface area contributed by atoms with Crippen LogP contribution in [0.3, 0.4) is 0 Å². The van der Waals surface area contributed by atoms with Gasteiger partial charge in [-0.15, -0.1) is 0 Å². The van der Waals surface area contributed by atoms with E-state index >= 15 is 0 Å².